The second-order valence-corrected chi connectivity index (χ2v) is 3.99. The van der Waals surface area contributed by atoms with E-state index in [1.807, 2.05) is 0 Å². The first-order chi connectivity index (χ1) is 4.61. The van der Waals surface area contributed by atoms with Crippen LogP contribution in [0.5, 0.6) is 0 Å². The lowest BCUT2D eigenvalue weighted by Crippen LogP contribution is -2.20. The molecular formula is C10H18. The van der Waals surface area contributed by atoms with E-state index in [0.717, 1.165) is 17.8 Å². The zero-order valence-electron chi connectivity index (χ0n) is 7.52. The Labute approximate surface area is 64.3 Å². The highest BCUT2D eigenvalue weighted by atomic mass is 14.3. The molecule has 0 aromatic heterocycles. The van der Waals surface area contributed by atoms with E-state index in [0.29, 0.717) is 0 Å². The Morgan fingerprint density at radius 3 is 2.30 bits per heavy atom. The van der Waals surface area contributed by atoms with E-state index in [2.05, 4.69) is 33.8 Å². The summed E-state index contributed by atoms with van der Waals surface area (Å²) in [5, 5.41) is 0. The number of hydrogen-bond acceptors (Lipinski definition) is 0. The molecule has 10 heavy (non-hydrogen) atoms. The summed E-state index contributed by atoms with van der Waals surface area (Å²) in [6, 6.07) is 0. The maximum absolute atomic E-state index is 2.42. The van der Waals surface area contributed by atoms with Gasteiger partial charge in [0.2, 0.25) is 0 Å². The minimum absolute atomic E-state index is 0.834. The number of hydrogen-bond donors (Lipinski definition) is 0. The van der Waals surface area contributed by atoms with Crippen molar-refractivity contribution in [3.05, 3.63) is 11.6 Å². The van der Waals surface area contributed by atoms with E-state index in [4.69, 9.17) is 0 Å². The fraction of sp³-hybridized carbons (Fsp3) is 0.800. The molecule has 1 aliphatic rings. The van der Waals surface area contributed by atoms with Crippen LogP contribution in [0.1, 0.15) is 34.1 Å². The predicted molar refractivity (Wildman–Crippen MR) is 45.9 cm³/mol. The Kier molecular flexibility index (Phi) is 2.18. The molecule has 1 rings (SSSR count). The van der Waals surface area contributed by atoms with E-state index in [1.165, 1.54) is 6.42 Å². The van der Waals surface area contributed by atoms with Crippen LogP contribution in [0.25, 0.3) is 0 Å². The van der Waals surface area contributed by atoms with Gasteiger partial charge in [0.1, 0.15) is 0 Å². The second-order valence-electron chi connectivity index (χ2n) is 3.99. The first-order valence-corrected chi connectivity index (χ1v) is 4.32. The van der Waals surface area contributed by atoms with E-state index in [1.54, 1.807) is 5.57 Å². The minimum Gasteiger partial charge on any atom is -0.0816 e. The highest BCUT2D eigenvalue weighted by molar-refractivity contribution is 5.20. The Morgan fingerprint density at radius 2 is 2.00 bits per heavy atom. The maximum atomic E-state index is 2.42. The lowest BCUT2D eigenvalue weighted by atomic mass is 9.74. The molecule has 58 valence electrons. The topological polar surface area (TPSA) is 0 Å². The van der Waals surface area contributed by atoms with Crippen LogP contribution in [0.2, 0.25) is 0 Å². The molecule has 2 unspecified atom stereocenters. The fourth-order valence-corrected chi connectivity index (χ4v) is 1.58. The lowest BCUT2D eigenvalue weighted by Gasteiger charge is -2.31. The Morgan fingerprint density at radius 1 is 1.40 bits per heavy atom. The third-order valence-electron chi connectivity index (χ3n) is 2.49. The van der Waals surface area contributed by atoms with Gasteiger partial charge in [-0.2, -0.15) is 0 Å². The third kappa shape index (κ3) is 1.42. The zero-order chi connectivity index (χ0) is 7.72. The molecule has 0 aromatic carbocycles. The van der Waals surface area contributed by atoms with Crippen molar-refractivity contribution < 1.29 is 0 Å². The molecule has 0 N–H and O–H groups in total. The largest absolute Gasteiger partial charge is 0.0816 e. The molecular weight excluding hydrogens is 120 g/mol. The lowest BCUT2D eigenvalue weighted by molar-refractivity contribution is 0.422. The van der Waals surface area contributed by atoms with Crippen LogP contribution >= 0.6 is 0 Å². The summed E-state index contributed by atoms with van der Waals surface area (Å²) < 4.78 is 0. The van der Waals surface area contributed by atoms with Gasteiger partial charge in [-0.15, -0.1) is 0 Å². The van der Waals surface area contributed by atoms with Gasteiger partial charge in [0.25, 0.3) is 0 Å². The first-order valence-electron chi connectivity index (χ1n) is 4.32. The monoisotopic (exact) mass is 138 g/mol. The van der Waals surface area contributed by atoms with Gasteiger partial charge in [0.05, 0.1) is 0 Å². The van der Waals surface area contributed by atoms with Crippen molar-refractivity contribution >= 4 is 0 Å². The van der Waals surface area contributed by atoms with Crippen LogP contribution in [-0.2, 0) is 0 Å². The fourth-order valence-electron chi connectivity index (χ4n) is 1.58. The SMILES string of the molecule is CC(C)CC1=CC(C)C1C. The van der Waals surface area contributed by atoms with Gasteiger partial charge in [-0.25, -0.2) is 0 Å². The van der Waals surface area contributed by atoms with E-state index in [9.17, 15) is 0 Å². The van der Waals surface area contributed by atoms with Gasteiger partial charge in [-0.3, -0.25) is 0 Å². The van der Waals surface area contributed by atoms with Crippen molar-refractivity contribution in [3.8, 4) is 0 Å². The van der Waals surface area contributed by atoms with Gasteiger partial charge >= 0.3 is 0 Å². The van der Waals surface area contributed by atoms with Crippen molar-refractivity contribution in [2.24, 2.45) is 17.8 Å². The summed E-state index contributed by atoms with van der Waals surface area (Å²) in [6.45, 7) is 9.21. The summed E-state index contributed by atoms with van der Waals surface area (Å²) in [5.41, 5.74) is 1.68. The van der Waals surface area contributed by atoms with Crippen LogP contribution in [0.3, 0.4) is 0 Å². The standard InChI is InChI=1S/C10H18/c1-7(2)5-10-6-8(3)9(10)4/h6-9H,5H2,1-4H3. The molecule has 0 heteroatoms. The average molecular weight is 138 g/mol. The zero-order valence-corrected chi connectivity index (χ0v) is 7.52. The molecule has 0 nitrogen and oxygen atoms in total. The molecule has 0 radical (unpaired) electrons. The third-order valence-corrected chi connectivity index (χ3v) is 2.49. The minimum atomic E-state index is 0.834. The first kappa shape index (κ1) is 7.84. The summed E-state index contributed by atoms with van der Waals surface area (Å²) in [4.78, 5) is 0. The highest BCUT2D eigenvalue weighted by Crippen LogP contribution is 2.36. The Bertz CT molecular complexity index is 142. The summed E-state index contributed by atoms with van der Waals surface area (Å²) in [5.74, 6) is 2.54. The summed E-state index contributed by atoms with van der Waals surface area (Å²) in [7, 11) is 0. The van der Waals surface area contributed by atoms with Crippen LogP contribution in [-0.4, -0.2) is 0 Å². The molecule has 0 amide bonds. The average Bonchev–Trinajstić information content (AvgIpc) is 1.86. The molecule has 0 aromatic rings. The molecule has 0 spiro atoms. The summed E-state index contributed by atoms with van der Waals surface area (Å²) in [6.07, 6.45) is 3.73. The number of rotatable bonds is 2. The predicted octanol–water partition coefficient (Wildman–Crippen LogP) is 3.24. The van der Waals surface area contributed by atoms with Gasteiger partial charge in [0, 0.05) is 0 Å². The highest BCUT2D eigenvalue weighted by Gasteiger charge is 2.24. The van der Waals surface area contributed by atoms with E-state index < -0.39 is 0 Å². The summed E-state index contributed by atoms with van der Waals surface area (Å²) >= 11 is 0. The van der Waals surface area contributed by atoms with Crippen molar-refractivity contribution in [2.75, 3.05) is 0 Å². The van der Waals surface area contributed by atoms with Crippen LogP contribution < -0.4 is 0 Å². The Hall–Kier alpha value is -0.260. The molecule has 2 atom stereocenters. The normalized spacial score (nSPS) is 31.9. The maximum Gasteiger partial charge on any atom is -0.0171 e. The smallest absolute Gasteiger partial charge is 0.0171 e. The van der Waals surface area contributed by atoms with Gasteiger partial charge in [-0.1, -0.05) is 39.3 Å². The molecule has 0 heterocycles. The molecule has 1 aliphatic carbocycles. The van der Waals surface area contributed by atoms with E-state index >= 15 is 0 Å². The van der Waals surface area contributed by atoms with Gasteiger partial charge < -0.3 is 0 Å². The molecule has 0 saturated carbocycles. The molecule has 0 saturated heterocycles. The quantitative estimate of drug-likeness (QED) is 0.514. The van der Waals surface area contributed by atoms with Crippen molar-refractivity contribution in [1.82, 2.24) is 0 Å². The second kappa shape index (κ2) is 2.77. The van der Waals surface area contributed by atoms with Crippen molar-refractivity contribution in [2.45, 2.75) is 34.1 Å². The number of allylic oxidation sites excluding steroid dienone is 2. The van der Waals surface area contributed by atoms with Gasteiger partial charge in [0.15, 0.2) is 0 Å². The van der Waals surface area contributed by atoms with Crippen LogP contribution in [0.4, 0.5) is 0 Å². The van der Waals surface area contributed by atoms with Crippen LogP contribution in [0.15, 0.2) is 11.6 Å². The van der Waals surface area contributed by atoms with Crippen molar-refractivity contribution in [1.29, 1.82) is 0 Å². The molecule has 0 aliphatic heterocycles. The van der Waals surface area contributed by atoms with E-state index in [-0.39, 0.29) is 0 Å². The van der Waals surface area contributed by atoms with Crippen LogP contribution in [0, 0.1) is 17.8 Å². The molecule has 0 bridgehead atoms. The van der Waals surface area contributed by atoms with Gasteiger partial charge in [-0.05, 0) is 24.2 Å². The van der Waals surface area contributed by atoms with Crippen molar-refractivity contribution in [3.63, 3.8) is 0 Å². The Balaban J connectivity index is 2.39. The molecule has 0 fully saturated rings.